The summed E-state index contributed by atoms with van der Waals surface area (Å²) in [5.41, 5.74) is 2.40. The molecular formula is C18H14FN3O2S. The molecule has 126 valence electrons. The van der Waals surface area contributed by atoms with Crippen LogP contribution in [0.1, 0.15) is 16.5 Å². The molecule has 2 N–H and O–H groups in total. The van der Waals surface area contributed by atoms with Crippen molar-refractivity contribution in [3.05, 3.63) is 71.9 Å². The summed E-state index contributed by atoms with van der Waals surface area (Å²) in [6.07, 6.45) is 1.61. The number of thioether (sulfide) groups is 1. The number of amides is 1. The molecule has 0 bridgehead atoms. The molecule has 1 atom stereocenters. The van der Waals surface area contributed by atoms with E-state index in [-0.39, 0.29) is 28.5 Å². The lowest BCUT2D eigenvalue weighted by atomic mass is 10.1. The largest absolute Gasteiger partial charge is 0.508 e. The lowest BCUT2D eigenvalue weighted by molar-refractivity contribution is -0.113. The minimum Gasteiger partial charge on any atom is -0.508 e. The zero-order chi connectivity index (χ0) is 17.4. The highest BCUT2D eigenvalue weighted by Crippen LogP contribution is 2.42. The highest BCUT2D eigenvalue weighted by molar-refractivity contribution is 8.00. The van der Waals surface area contributed by atoms with Crippen LogP contribution in [0.2, 0.25) is 0 Å². The summed E-state index contributed by atoms with van der Waals surface area (Å²) in [5.74, 6) is 0.476. The molecule has 7 heteroatoms. The molecule has 3 aromatic rings. The van der Waals surface area contributed by atoms with Gasteiger partial charge in [0.1, 0.15) is 17.9 Å². The van der Waals surface area contributed by atoms with Crippen LogP contribution in [0, 0.1) is 5.82 Å². The first kappa shape index (κ1) is 15.7. The predicted molar refractivity (Wildman–Crippen MR) is 94.6 cm³/mol. The number of rotatable bonds is 2. The Hall–Kier alpha value is -2.80. The van der Waals surface area contributed by atoms with E-state index in [2.05, 4.69) is 10.3 Å². The Kier molecular flexibility index (Phi) is 3.93. The number of nitrogens with zero attached hydrogens (tertiary/aromatic N) is 2. The van der Waals surface area contributed by atoms with Crippen LogP contribution in [0.5, 0.6) is 5.75 Å². The van der Waals surface area contributed by atoms with Gasteiger partial charge in [-0.2, -0.15) is 0 Å². The molecule has 0 saturated carbocycles. The SMILES string of the molecule is O=C1CS[C@@H](c2cccc(O)c2)c2c(ncn2-c2ccc(F)cc2)N1. The van der Waals surface area contributed by atoms with Gasteiger partial charge in [0.05, 0.1) is 16.7 Å². The van der Waals surface area contributed by atoms with E-state index in [1.807, 2.05) is 10.6 Å². The van der Waals surface area contributed by atoms with E-state index in [9.17, 15) is 14.3 Å². The molecule has 0 aliphatic carbocycles. The molecular weight excluding hydrogens is 341 g/mol. The maximum absolute atomic E-state index is 13.3. The number of halogens is 1. The van der Waals surface area contributed by atoms with Crippen molar-refractivity contribution in [1.29, 1.82) is 0 Å². The number of carbonyl (C=O) groups is 1. The normalized spacial score (nSPS) is 16.8. The van der Waals surface area contributed by atoms with E-state index in [4.69, 9.17) is 0 Å². The second-order valence-corrected chi connectivity index (χ2v) is 6.75. The number of aromatic hydroxyl groups is 1. The number of hydrogen-bond donors (Lipinski definition) is 2. The summed E-state index contributed by atoms with van der Waals surface area (Å²) < 4.78 is 15.1. The van der Waals surface area contributed by atoms with E-state index in [0.717, 1.165) is 16.9 Å². The van der Waals surface area contributed by atoms with E-state index >= 15 is 0 Å². The number of phenols is 1. The maximum Gasteiger partial charge on any atom is 0.235 e. The van der Waals surface area contributed by atoms with Crippen LogP contribution < -0.4 is 5.32 Å². The molecule has 5 nitrogen and oxygen atoms in total. The molecule has 1 aliphatic rings. The summed E-state index contributed by atoms with van der Waals surface area (Å²) in [7, 11) is 0. The number of anilines is 1. The molecule has 2 aromatic carbocycles. The van der Waals surface area contributed by atoms with Crippen LogP contribution >= 0.6 is 11.8 Å². The Bertz CT molecular complexity index is 940. The number of benzene rings is 2. The second kappa shape index (κ2) is 6.25. The molecule has 4 rings (SSSR count). The quantitative estimate of drug-likeness (QED) is 0.738. The summed E-state index contributed by atoms with van der Waals surface area (Å²) in [5, 5.41) is 12.4. The Morgan fingerprint density at radius 1 is 1.24 bits per heavy atom. The number of nitrogens with one attached hydrogen (secondary N) is 1. The topological polar surface area (TPSA) is 67.1 Å². The van der Waals surface area contributed by atoms with Crippen molar-refractivity contribution in [3.63, 3.8) is 0 Å². The Balaban J connectivity index is 1.88. The molecule has 0 saturated heterocycles. The standard InChI is InChI=1S/C18H14FN3O2S/c19-12-4-6-13(7-5-12)22-10-20-18-16(22)17(25-9-15(24)21-18)11-2-1-3-14(23)8-11/h1-8,10,17,23H,9H2,(H,21,24)/t17-/m0/s1. The second-order valence-electron chi connectivity index (χ2n) is 5.66. The molecule has 0 spiro atoms. The number of hydrogen-bond acceptors (Lipinski definition) is 4. The van der Waals surface area contributed by atoms with E-state index in [1.165, 1.54) is 23.9 Å². The van der Waals surface area contributed by atoms with Crippen LogP contribution in [0.25, 0.3) is 5.69 Å². The fourth-order valence-electron chi connectivity index (χ4n) is 2.86. The first-order chi connectivity index (χ1) is 12.1. The van der Waals surface area contributed by atoms with Crippen LogP contribution in [0.15, 0.2) is 54.9 Å². The summed E-state index contributed by atoms with van der Waals surface area (Å²) in [6.45, 7) is 0. The number of imidazole rings is 1. The Labute approximate surface area is 147 Å². The first-order valence-corrected chi connectivity index (χ1v) is 8.70. The van der Waals surface area contributed by atoms with Gasteiger partial charge >= 0.3 is 0 Å². The average molecular weight is 355 g/mol. The lowest BCUT2D eigenvalue weighted by Gasteiger charge is -2.18. The highest BCUT2D eigenvalue weighted by atomic mass is 32.2. The van der Waals surface area contributed by atoms with Crippen LogP contribution in [0.4, 0.5) is 10.2 Å². The molecule has 0 unspecified atom stereocenters. The van der Waals surface area contributed by atoms with Crippen molar-refractivity contribution >= 4 is 23.5 Å². The zero-order valence-electron chi connectivity index (χ0n) is 13.0. The maximum atomic E-state index is 13.3. The number of fused-ring (bicyclic) bond motifs is 1. The fourth-order valence-corrected chi connectivity index (χ4v) is 3.97. The van der Waals surface area contributed by atoms with E-state index in [0.29, 0.717) is 5.82 Å². The van der Waals surface area contributed by atoms with Crippen LogP contribution in [-0.2, 0) is 4.79 Å². The zero-order valence-corrected chi connectivity index (χ0v) is 13.8. The average Bonchev–Trinajstić information content (AvgIpc) is 2.91. The first-order valence-electron chi connectivity index (χ1n) is 7.65. The summed E-state index contributed by atoms with van der Waals surface area (Å²) in [4.78, 5) is 16.3. The van der Waals surface area contributed by atoms with Gasteiger partial charge in [-0.3, -0.25) is 9.36 Å². The summed E-state index contributed by atoms with van der Waals surface area (Å²) >= 11 is 1.46. The molecule has 25 heavy (non-hydrogen) atoms. The predicted octanol–water partition coefficient (Wildman–Crippen LogP) is 3.49. The number of aromatic nitrogens is 2. The van der Waals surface area contributed by atoms with E-state index < -0.39 is 0 Å². The van der Waals surface area contributed by atoms with Gasteiger partial charge < -0.3 is 10.4 Å². The molecule has 1 amide bonds. The molecule has 0 radical (unpaired) electrons. The van der Waals surface area contributed by atoms with Gasteiger partial charge in [0, 0.05) is 5.69 Å². The smallest absolute Gasteiger partial charge is 0.235 e. The van der Waals surface area contributed by atoms with Gasteiger partial charge in [-0.25, -0.2) is 9.37 Å². The van der Waals surface area contributed by atoms with Crippen LogP contribution in [0.3, 0.4) is 0 Å². The molecule has 0 fully saturated rings. The van der Waals surface area contributed by atoms with Crippen molar-refractivity contribution in [2.75, 3.05) is 11.1 Å². The Morgan fingerprint density at radius 2 is 2.04 bits per heavy atom. The molecule has 1 aromatic heterocycles. The molecule has 1 aliphatic heterocycles. The lowest BCUT2D eigenvalue weighted by Crippen LogP contribution is -2.12. The van der Waals surface area contributed by atoms with Gasteiger partial charge in [0.2, 0.25) is 5.91 Å². The fraction of sp³-hybridized carbons (Fsp3) is 0.111. The van der Waals surface area contributed by atoms with Gasteiger partial charge in [0.25, 0.3) is 0 Å². The van der Waals surface area contributed by atoms with E-state index in [1.54, 1.807) is 36.7 Å². The third-order valence-corrected chi connectivity index (χ3v) is 5.23. The van der Waals surface area contributed by atoms with Crippen molar-refractivity contribution in [3.8, 4) is 11.4 Å². The van der Waals surface area contributed by atoms with Crippen molar-refractivity contribution in [2.24, 2.45) is 0 Å². The van der Waals surface area contributed by atoms with Gasteiger partial charge in [0.15, 0.2) is 5.82 Å². The minimum absolute atomic E-state index is 0.127. The van der Waals surface area contributed by atoms with Gasteiger partial charge in [-0.1, -0.05) is 12.1 Å². The van der Waals surface area contributed by atoms with Crippen molar-refractivity contribution in [2.45, 2.75) is 5.25 Å². The number of carbonyl (C=O) groups excluding carboxylic acids is 1. The highest BCUT2D eigenvalue weighted by Gasteiger charge is 2.29. The van der Waals surface area contributed by atoms with Gasteiger partial charge in [-0.15, -0.1) is 11.8 Å². The van der Waals surface area contributed by atoms with Crippen molar-refractivity contribution in [1.82, 2.24) is 9.55 Å². The minimum atomic E-state index is -0.317. The third kappa shape index (κ3) is 2.98. The third-order valence-electron chi connectivity index (χ3n) is 3.97. The number of phenolic OH excluding ortho intramolecular Hbond substituents is 1. The monoisotopic (exact) mass is 355 g/mol. The van der Waals surface area contributed by atoms with Gasteiger partial charge in [-0.05, 0) is 42.0 Å². The van der Waals surface area contributed by atoms with Crippen LogP contribution in [-0.4, -0.2) is 26.3 Å². The van der Waals surface area contributed by atoms with Crippen molar-refractivity contribution < 1.29 is 14.3 Å². The molecule has 2 heterocycles. The Morgan fingerprint density at radius 3 is 2.80 bits per heavy atom. The summed E-state index contributed by atoms with van der Waals surface area (Å²) in [6, 6.07) is 13.0.